The van der Waals surface area contributed by atoms with Crippen LogP contribution in [-0.2, 0) is 23.7 Å². The Kier molecular flexibility index (Phi) is 11.3. The highest BCUT2D eigenvalue weighted by atomic mass is 16.8. The van der Waals surface area contributed by atoms with E-state index in [1.54, 1.807) is 0 Å². The minimum Gasteiger partial charge on any atom is -0.394 e. The number of hydrogen-bond acceptors (Lipinski definition) is 11. The molecule has 1 unspecified atom stereocenters. The van der Waals surface area contributed by atoms with E-state index >= 15 is 0 Å². The molecule has 0 saturated carbocycles. The molecule has 0 aliphatic carbocycles. The molecule has 11 nitrogen and oxygen atoms in total. The fourth-order valence-electron chi connectivity index (χ4n) is 5.22. The van der Waals surface area contributed by atoms with Crippen molar-refractivity contribution in [2.75, 3.05) is 19.8 Å². The summed E-state index contributed by atoms with van der Waals surface area (Å²) in [5, 5.41) is 61.1. The smallest absolute Gasteiger partial charge is 0.224 e. The highest BCUT2D eigenvalue weighted by Crippen LogP contribution is 2.39. The van der Waals surface area contributed by atoms with Gasteiger partial charge in [-0.1, -0.05) is 58.3 Å². The summed E-state index contributed by atoms with van der Waals surface area (Å²) in [6, 6.07) is 0. The lowest BCUT2D eigenvalue weighted by atomic mass is 9.96. The van der Waals surface area contributed by atoms with Crippen molar-refractivity contribution in [3.05, 3.63) is 0 Å². The van der Waals surface area contributed by atoms with E-state index in [-0.39, 0.29) is 6.61 Å². The molecule has 0 amide bonds. The third-order valence-corrected chi connectivity index (χ3v) is 7.54. The Morgan fingerprint density at radius 3 is 2.06 bits per heavy atom. The number of ether oxygens (including phenoxy) is 5. The van der Waals surface area contributed by atoms with Gasteiger partial charge in [0.2, 0.25) is 5.79 Å². The van der Waals surface area contributed by atoms with Gasteiger partial charge in [0.1, 0.15) is 49.3 Å². The summed E-state index contributed by atoms with van der Waals surface area (Å²) < 4.78 is 28.7. The molecular formula is C25H46O11. The average molecular weight is 523 g/mol. The maximum Gasteiger partial charge on any atom is 0.224 e. The van der Waals surface area contributed by atoms with Crippen LogP contribution in [-0.4, -0.2) is 111 Å². The largest absolute Gasteiger partial charge is 0.394 e. The Bertz CT molecular complexity index is 651. The SMILES string of the molecule is CCCCCCCCCCCC1(C)OC[C@H]2O[C@H](O[C@]3(CO)O[C@H](CO)[C@@H](O)[C@@H]3O)[C@H](O)[C@@H](O)[C@@H]2O1. The molecule has 3 rings (SSSR count). The van der Waals surface area contributed by atoms with E-state index in [0.29, 0.717) is 6.42 Å². The van der Waals surface area contributed by atoms with E-state index in [1.165, 1.54) is 38.5 Å². The Morgan fingerprint density at radius 2 is 1.47 bits per heavy atom. The molecule has 6 N–H and O–H groups in total. The van der Waals surface area contributed by atoms with Crippen molar-refractivity contribution in [1.82, 2.24) is 0 Å². The summed E-state index contributed by atoms with van der Waals surface area (Å²) in [6.45, 7) is 2.61. The molecule has 0 spiro atoms. The van der Waals surface area contributed by atoms with Crippen molar-refractivity contribution < 1.29 is 54.3 Å². The zero-order valence-electron chi connectivity index (χ0n) is 21.5. The van der Waals surface area contributed by atoms with E-state index in [2.05, 4.69) is 6.92 Å². The van der Waals surface area contributed by atoms with Crippen LogP contribution in [0.4, 0.5) is 0 Å². The second-order valence-corrected chi connectivity index (χ2v) is 10.5. The summed E-state index contributed by atoms with van der Waals surface area (Å²) in [5.74, 6) is -3.07. The fraction of sp³-hybridized carbons (Fsp3) is 1.00. The minimum absolute atomic E-state index is 0.0830. The van der Waals surface area contributed by atoms with Crippen LogP contribution in [0.5, 0.6) is 0 Å². The normalized spacial score (nSPS) is 43.0. The number of unbranched alkanes of at least 4 members (excludes halogenated alkanes) is 8. The van der Waals surface area contributed by atoms with Gasteiger partial charge < -0.3 is 54.3 Å². The molecule has 3 saturated heterocycles. The van der Waals surface area contributed by atoms with Crippen molar-refractivity contribution in [2.24, 2.45) is 0 Å². The minimum atomic E-state index is -2.15. The first-order chi connectivity index (χ1) is 17.2. The highest BCUT2D eigenvalue weighted by Gasteiger charge is 2.59. The fourth-order valence-corrected chi connectivity index (χ4v) is 5.22. The molecule has 11 heteroatoms. The van der Waals surface area contributed by atoms with Gasteiger partial charge in [0.05, 0.1) is 13.2 Å². The summed E-state index contributed by atoms with van der Waals surface area (Å²) in [4.78, 5) is 0. The van der Waals surface area contributed by atoms with Crippen molar-refractivity contribution in [1.29, 1.82) is 0 Å². The van der Waals surface area contributed by atoms with Gasteiger partial charge in [0.15, 0.2) is 12.1 Å². The van der Waals surface area contributed by atoms with Crippen molar-refractivity contribution in [2.45, 2.75) is 139 Å². The summed E-state index contributed by atoms with van der Waals surface area (Å²) in [5.41, 5.74) is 0. The lowest BCUT2D eigenvalue weighted by molar-refractivity contribution is -0.419. The van der Waals surface area contributed by atoms with Gasteiger partial charge in [0.25, 0.3) is 0 Å². The molecule has 0 aromatic rings. The van der Waals surface area contributed by atoms with E-state index < -0.39 is 73.8 Å². The first kappa shape index (κ1) is 30.1. The maximum absolute atomic E-state index is 10.8. The van der Waals surface area contributed by atoms with Gasteiger partial charge in [-0.3, -0.25) is 0 Å². The molecule has 0 bridgehead atoms. The maximum atomic E-state index is 10.8. The molecule has 3 fully saturated rings. The summed E-state index contributed by atoms with van der Waals surface area (Å²) in [7, 11) is 0. The lowest BCUT2D eigenvalue weighted by Gasteiger charge is -2.50. The molecule has 0 aromatic heterocycles. The van der Waals surface area contributed by atoms with Crippen LogP contribution in [0.3, 0.4) is 0 Å². The second kappa shape index (κ2) is 13.6. The quantitative estimate of drug-likeness (QED) is 0.174. The van der Waals surface area contributed by atoms with Crippen LogP contribution >= 0.6 is 0 Å². The van der Waals surface area contributed by atoms with E-state index in [1.807, 2.05) is 6.92 Å². The molecule has 3 aliphatic rings. The van der Waals surface area contributed by atoms with Crippen molar-refractivity contribution in [3.8, 4) is 0 Å². The molecule has 36 heavy (non-hydrogen) atoms. The average Bonchev–Trinajstić information content (AvgIpc) is 3.11. The van der Waals surface area contributed by atoms with Gasteiger partial charge in [0, 0.05) is 6.42 Å². The molecule has 0 radical (unpaired) electrons. The number of aliphatic hydroxyl groups is 6. The number of rotatable bonds is 14. The predicted octanol–water partition coefficient (Wildman–Crippen LogP) is 0.304. The lowest BCUT2D eigenvalue weighted by Crippen LogP contribution is -2.66. The molecule has 3 aliphatic heterocycles. The zero-order chi connectivity index (χ0) is 26.3. The summed E-state index contributed by atoms with van der Waals surface area (Å²) in [6.07, 6.45) is 0.816. The van der Waals surface area contributed by atoms with Gasteiger partial charge in [-0.25, -0.2) is 0 Å². The molecule has 3 heterocycles. The van der Waals surface area contributed by atoms with Crippen LogP contribution in [0.1, 0.15) is 78.1 Å². The molecule has 10 atom stereocenters. The van der Waals surface area contributed by atoms with Crippen LogP contribution in [0.25, 0.3) is 0 Å². The Hall–Kier alpha value is -0.440. The third-order valence-electron chi connectivity index (χ3n) is 7.54. The monoisotopic (exact) mass is 522 g/mol. The zero-order valence-corrected chi connectivity index (χ0v) is 21.5. The second-order valence-electron chi connectivity index (χ2n) is 10.5. The number of hydrogen-bond donors (Lipinski definition) is 6. The third kappa shape index (κ3) is 6.95. The van der Waals surface area contributed by atoms with Crippen LogP contribution in [0, 0.1) is 0 Å². The topological polar surface area (TPSA) is 168 Å². The Morgan fingerprint density at radius 1 is 0.833 bits per heavy atom. The number of fused-ring (bicyclic) bond motifs is 1. The van der Waals surface area contributed by atoms with Crippen LogP contribution in [0.15, 0.2) is 0 Å². The van der Waals surface area contributed by atoms with Gasteiger partial charge in [-0.15, -0.1) is 0 Å². The molecular weight excluding hydrogens is 476 g/mol. The van der Waals surface area contributed by atoms with Gasteiger partial charge >= 0.3 is 0 Å². The predicted molar refractivity (Wildman–Crippen MR) is 127 cm³/mol. The first-order valence-electron chi connectivity index (χ1n) is 13.5. The first-order valence-corrected chi connectivity index (χ1v) is 13.5. The van der Waals surface area contributed by atoms with Crippen LogP contribution in [0.2, 0.25) is 0 Å². The van der Waals surface area contributed by atoms with E-state index in [0.717, 1.165) is 19.3 Å². The standard InChI is InChI=1S/C25H46O11/c1-3-4-5-6-7-8-9-10-11-12-24(2)32-14-17-21(35-24)19(29)20(30)23(33-17)36-25(15-27)22(31)18(28)16(13-26)34-25/h16-23,26-31H,3-15H2,1-2H3/t16-,17-,18-,19-,20-,21-,22+,23-,24?,25+/m1/s1. The van der Waals surface area contributed by atoms with Gasteiger partial charge in [-0.2, -0.15) is 0 Å². The van der Waals surface area contributed by atoms with Crippen LogP contribution < -0.4 is 0 Å². The molecule has 0 aromatic carbocycles. The Labute approximate surface area is 213 Å². The van der Waals surface area contributed by atoms with E-state index in [9.17, 15) is 30.6 Å². The van der Waals surface area contributed by atoms with Gasteiger partial charge in [-0.05, 0) is 13.3 Å². The molecule has 212 valence electrons. The summed E-state index contributed by atoms with van der Waals surface area (Å²) >= 11 is 0. The van der Waals surface area contributed by atoms with E-state index in [4.69, 9.17) is 23.7 Å². The number of aliphatic hydroxyl groups excluding tert-OH is 6. The Balaban J connectivity index is 1.48. The van der Waals surface area contributed by atoms with Crippen molar-refractivity contribution >= 4 is 0 Å². The highest BCUT2D eigenvalue weighted by molar-refractivity contribution is 4.99. The van der Waals surface area contributed by atoms with Crippen molar-refractivity contribution in [3.63, 3.8) is 0 Å².